The lowest BCUT2D eigenvalue weighted by atomic mass is 9.89. The summed E-state index contributed by atoms with van der Waals surface area (Å²) in [5, 5.41) is 8.29. The average molecular weight is 903 g/mol. The predicted molar refractivity (Wildman–Crippen MR) is 237 cm³/mol. The maximum atomic E-state index is 14.3. The fraction of sp³-hybridized carbons (Fsp3) is 0.732. The van der Waals surface area contributed by atoms with Gasteiger partial charge in [0.2, 0.25) is 29.5 Å². The number of likely N-dealkylation sites (N-methyl/N-ethyl adjacent to an activating group) is 2. The number of hydrogen-bond acceptors (Lipinski definition) is 12. The topological polar surface area (TPSA) is 204 Å². The third-order valence-electron chi connectivity index (χ3n) is 11.5. The normalized spacial score (nSPS) is 18.6. The molecule has 0 spiro atoms. The van der Waals surface area contributed by atoms with Crippen LogP contribution in [-0.4, -0.2) is 146 Å². The highest BCUT2D eigenvalue weighted by molar-refractivity contribution is 8.67. The molecule has 5 amide bonds. The van der Waals surface area contributed by atoms with Gasteiger partial charge in [0.05, 0.1) is 42.4 Å². The Bertz CT molecular complexity index is 1660. The van der Waals surface area contributed by atoms with Gasteiger partial charge in [-0.05, 0) is 54.2 Å². The smallest absolute Gasteiger partial charge is 0.266 e. The number of ether oxygens (including phenoxy) is 2. The highest BCUT2D eigenvalue weighted by Gasteiger charge is 2.43. The van der Waals surface area contributed by atoms with Crippen molar-refractivity contribution in [1.29, 1.82) is 0 Å². The first-order valence-electron chi connectivity index (χ1n) is 20.7. The Morgan fingerprint density at radius 3 is 2.10 bits per heavy atom. The van der Waals surface area contributed by atoms with Crippen molar-refractivity contribution in [1.82, 2.24) is 30.1 Å². The summed E-state index contributed by atoms with van der Waals surface area (Å²) in [4.78, 5) is 72.6. The van der Waals surface area contributed by atoms with Gasteiger partial charge in [0, 0.05) is 40.8 Å². The van der Waals surface area contributed by atoms with Crippen LogP contribution in [0.25, 0.3) is 0 Å². The predicted octanol–water partition coefficient (Wildman–Crippen LogP) is 3.23. The summed E-state index contributed by atoms with van der Waals surface area (Å²) in [6.07, 6.45) is 0.504. The number of nitrogens with zero attached hydrogens (tertiary/aromatic N) is 3. The third-order valence-corrected chi connectivity index (χ3v) is 13.5. The number of amides is 5. The molecule has 60 heavy (non-hydrogen) atoms. The molecule has 0 aliphatic carbocycles. The van der Waals surface area contributed by atoms with Gasteiger partial charge in [-0.2, -0.15) is 8.42 Å². The van der Waals surface area contributed by atoms with Crippen LogP contribution >= 0.6 is 22.6 Å². The van der Waals surface area contributed by atoms with Gasteiger partial charge < -0.3 is 35.2 Å². The Kier molecular flexibility index (Phi) is 22.4. The molecule has 16 nitrogen and oxygen atoms in total. The summed E-state index contributed by atoms with van der Waals surface area (Å²) in [6, 6.07) is 5.56. The lowest BCUT2D eigenvalue weighted by Crippen LogP contribution is -2.59. The summed E-state index contributed by atoms with van der Waals surface area (Å²) in [6.45, 7) is 13.4. The minimum atomic E-state index is -4.32. The van der Waals surface area contributed by atoms with Crippen molar-refractivity contribution in [3.63, 3.8) is 0 Å². The van der Waals surface area contributed by atoms with Crippen LogP contribution in [0.3, 0.4) is 0 Å². The van der Waals surface area contributed by atoms with E-state index in [2.05, 4.69) is 27.6 Å². The molecule has 0 aromatic heterocycles. The van der Waals surface area contributed by atoms with Gasteiger partial charge in [-0.15, -0.1) is 0 Å². The number of likely N-dealkylation sites (tertiary alicyclic amines) is 1. The molecule has 342 valence electrons. The van der Waals surface area contributed by atoms with Gasteiger partial charge in [-0.25, -0.2) is 4.31 Å². The second-order valence-corrected chi connectivity index (χ2v) is 19.3. The van der Waals surface area contributed by atoms with E-state index >= 15 is 0 Å². The van der Waals surface area contributed by atoms with E-state index in [0.717, 1.165) is 16.5 Å². The number of hydrogen-bond donors (Lipinski definition) is 5. The van der Waals surface area contributed by atoms with Crippen molar-refractivity contribution in [3.05, 3.63) is 35.9 Å². The van der Waals surface area contributed by atoms with E-state index in [1.807, 2.05) is 47.6 Å². The van der Waals surface area contributed by atoms with Gasteiger partial charge in [0.25, 0.3) is 10.1 Å². The largest absolute Gasteiger partial charge is 0.379 e. The molecule has 19 heteroatoms. The fourth-order valence-corrected chi connectivity index (χ4v) is 9.11. The van der Waals surface area contributed by atoms with Crippen molar-refractivity contribution >= 4 is 62.3 Å². The minimum absolute atomic E-state index is 0.0488. The van der Waals surface area contributed by atoms with Gasteiger partial charge in [0.15, 0.2) is 0 Å². The molecule has 1 aliphatic heterocycles. The minimum Gasteiger partial charge on any atom is -0.379 e. The lowest BCUT2D eigenvalue weighted by Gasteiger charge is -2.41. The van der Waals surface area contributed by atoms with E-state index in [1.165, 1.54) is 14.2 Å². The highest BCUT2D eigenvalue weighted by atomic mass is 33.1. The average Bonchev–Trinajstić information content (AvgIpc) is 3.68. The molecule has 0 saturated carbocycles. The van der Waals surface area contributed by atoms with E-state index in [9.17, 15) is 32.4 Å². The van der Waals surface area contributed by atoms with Crippen LogP contribution in [0.5, 0.6) is 0 Å². The van der Waals surface area contributed by atoms with Crippen molar-refractivity contribution in [2.45, 2.75) is 123 Å². The molecule has 1 aromatic carbocycles. The lowest BCUT2D eigenvalue weighted by molar-refractivity contribution is -0.148. The Labute approximate surface area is 367 Å². The van der Waals surface area contributed by atoms with Gasteiger partial charge >= 0.3 is 0 Å². The summed E-state index contributed by atoms with van der Waals surface area (Å²) in [5.74, 6) is -3.81. The number of benzene rings is 1. The zero-order valence-corrected chi connectivity index (χ0v) is 39.6. The van der Waals surface area contributed by atoms with Crippen LogP contribution in [-0.2, 0) is 50.0 Å². The molecule has 0 bridgehead atoms. The van der Waals surface area contributed by atoms with E-state index in [-0.39, 0.29) is 54.9 Å². The Morgan fingerprint density at radius 1 is 0.950 bits per heavy atom. The number of thiol groups is 1. The molecule has 1 heterocycles. The Balaban J connectivity index is 2.31. The Hall–Kier alpha value is -2.94. The second-order valence-electron chi connectivity index (χ2n) is 16.5. The first-order valence-corrected chi connectivity index (χ1v) is 24.1. The summed E-state index contributed by atoms with van der Waals surface area (Å²) >= 11 is 4.28. The molecular formula is C41H70N6O10S3. The summed E-state index contributed by atoms with van der Waals surface area (Å²) in [7, 11) is 3.27. The third kappa shape index (κ3) is 15.4. The molecule has 0 unspecified atom stereocenters. The number of nitrogens with one attached hydrogen (secondary N) is 3. The maximum Gasteiger partial charge on any atom is 0.266 e. The van der Waals surface area contributed by atoms with Crippen LogP contribution < -0.4 is 16.0 Å². The highest BCUT2D eigenvalue weighted by Crippen LogP contribution is 2.30. The standard InChI is InChI=1S/C41H70N6O10S3/c1-12-27(6)36(45(8)41(52)34(25(2)3)44-40(51)35(26(4)5)46(9)59-58)32(56-10)24-33(48)47-21-16-19-31(47)37(57-11)28(7)38(49)43-30(23-29-17-14-13-15-18-29)39(50)42-20-22-60(53,54)55/h13-15,17-18,25-28,30-32,34-37,58H,12,16,19-24H2,1-11H3,(H,42,50)(H,43,49)(H,44,51)(H,53,54,55)/t27-,28+,30-,31-,32+,34-,35-,36-,37+/m0/s1. The van der Waals surface area contributed by atoms with Crippen LogP contribution in [0.2, 0.25) is 0 Å². The van der Waals surface area contributed by atoms with E-state index in [0.29, 0.717) is 25.8 Å². The zero-order valence-electron chi connectivity index (χ0n) is 37.1. The molecular weight excluding hydrogens is 833 g/mol. The fourth-order valence-electron chi connectivity index (χ4n) is 8.00. The molecule has 9 atom stereocenters. The van der Waals surface area contributed by atoms with Crippen LogP contribution in [0.4, 0.5) is 0 Å². The van der Waals surface area contributed by atoms with E-state index in [1.54, 1.807) is 59.4 Å². The van der Waals surface area contributed by atoms with Crippen molar-refractivity contribution in [2.24, 2.45) is 23.7 Å². The van der Waals surface area contributed by atoms with Gasteiger partial charge in [-0.3, -0.25) is 28.5 Å². The maximum absolute atomic E-state index is 14.3. The van der Waals surface area contributed by atoms with Crippen LogP contribution in [0.15, 0.2) is 30.3 Å². The number of methoxy groups -OCH3 is 2. The summed E-state index contributed by atoms with van der Waals surface area (Å²) < 4.78 is 45.3. The molecule has 1 aromatic rings. The monoisotopic (exact) mass is 902 g/mol. The second kappa shape index (κ2) is 25.2. The van der Waals surface area contributed by atoms with E-state index in [4.69, 9.17) is 14.0 Å². The molecule has 2 rings (SSSR count). The Morgan fingerprint density at radius 2 is 1.58 bits per heavy atom. The molecule has 1 saturated heterocycles. The van der Waals surface area contributed by atoms with Crippen molar-refractivity contribution < 1.29 is 46.4 Å². The summed E-state index contributed by atoms with van der Waals surface area (Å²) in [5.41, 5.74) is 0.757. The number of carbonyl (C=O) groups excluding carboxylic acids is 5. The molecule has 4 N–H and O–H groups in total. The van der Waals surface area contributed by atoms with E-state index < -0.39 is 76.0 Å². The number of rotatable bonds is 25. The van der Waals surface area contributed by atoms with Crippen LogP contribution in [0, 0.1) is 23.7 Å². The first kappa shape index (κ1) is 53.2. The van der Waals surface area contributed by atoms with Gasteiger partial charge in [-0.1, -0.05) is 96.9 Å². The SMILES string of the molecule is CC[C@H](C)[C@@H]([C@@H](CC(=O)N1CCC[C@H]1[C@H](OC)[C@@H](C)C(=O)N[C@@H](Cc1ccccc1)C(=O)NCCS(=O)(=O)O)OC)N(C)C(=O)[C@@H](NC(=O)[C@H](C(C)C)N(C)SS)C(C)C. The molecule has 0 radical (unpaired) electrons. The zero-order chi connectivity index (χ0) is 45.5. The number of carbonyl (C=O) groups is 5. The first-order chi connectivity index (χ1) is 28.1. The molecule has 1 fully saturated rings. The van der Waals surface area contributed by atoms with Crippen molar-refractivity contribution in [2.75, 3.05) is 47.2 Å². The van der Waals surface area contributed by atoms with Crippen LogP contribution in [0.1, 0.15) is 79.7 Å². The molecule has 1 aliphatic rings. The van der Waals surface area contributed by atoms with Gasteiger partial charge in [0.1, 0.15) is 18.1 Å². The van der Waals surface area contributed by atoms with Crippen molar-refractivity contribution in [3.8, 4) is 0 Å². The quantitative estimate of drug-likeness (QED) is 0.0416.